The molecule has 1 aliphatic heterocycles. The van der Waals surface area contributed by atoms with E-state index in [4.69, 9.17) is 9.98 Å². The summed E-state index contributed by atoms with van der Waals surface area (Å²) in [5, 5.41) is 19.9. The lowest BCUT2D eigenvalue weighted by Crippen LogP contribution is -2.43. The van der Waals surface area contributed by atoms with Crippen LogP contribution in [0.25, 0.3) is 0 Å². The van der Waals surface area contributed by atoms with Crippen LogP contribution >= 0.6 is 11.3 Å². The number of guanidine groups is 1. The Labute approximate surface area is 187 Å². The number of aliphatic imine (C=N–C) groups is 1. The Kier molecular flexibility index (Phi) is 11.1. The molecule has 0 bridgehead atoms. The zero-order valence-electron chi connectivity index (χ0n) is 19.5. The highest BCUT2D eigenvalue weighted by atomic mass is 32.1. The summed E-state index contributed by atoms with van der Waals surface area (Å²) in [4.78, 5) is 12.1. The monoisotopic (exact) mass is 437 g/mol. The fourth-order valence-electron chi connectivity index (χ4n) is 4.13. The first-order valence-electron chi connectivity index (χ1n) is 11.9. The molecule has 2 rings (SSSR count). The van der Waals surface area contributed by atoms with E-state index in [-0.39, 0.29) is 12.0 Å². The molecular weight excluding hydrogens is 394 g/mol. The van der Waals surface area contributed by atoms with E-state index < -0.39 is 0 Å². The van der Waals surface area contributed by atoms with Gasteiger partial charge in [0.1, 0.15) is 0 Å². The van der Waals surface area contributed by atoms with Crippen molar-refractivity contribution in [2.45, 2.75) is 72.8 Å². The smallest absolute Gasteiger partial charge is 0.191 e. The van der Waals surface area contributed by atoms with Crippen molar-refractivity contribution in [3.8, 4) is 0 Å². The number of rotatable bonds is 12. The number of aromatic nitrogens is 1. The normalized spacial score (nSPS) is 16.8. The number of piperidine rings is 1. The standard InChI is InChI=1S/C23H43N5OS/c1-5-21-27-20(17-30-21)16-28-12-9-19(10-13-28)15-25-22(24-8-4)26-18-23(6-2,7-3)11-14-29/h17,19,29H,5-16,18H2,1-4H3,(H2,24,25,26). The van der Waals surface area contributed by atoms with Crippen LogP contribution < -0.4 is 10.6 Å². The number of aryl methyl sites for hydroxylation is 1. The van der Waals surface area contributed by atoms with Crippen LogP contribution in [0.1, 0.15) is 70.5 Å². The molecule has 1 saturated heterocycles. The first-order chi connectivity index (χ1) is 14.6. The van der Waals surface area contributed by atoms with E-state index >= 15 is 0 Å². The zero-order chi connectivity index (χ0) is 21.8. The minimum absolute atomic E-state index is 0.107. The SMILES string of the molecule is CCNC(=NCC(CC)(CC)CCO)NCC1CCN(Cc2csc(CC)n2)CC1. The van der Waals surface area contributed by atoms with E-state index in [1.807, 2.05) is 0 Å². The highest BCUT2D eigenvalue weighted by molar-refractivity contribution is 7.09. The fourth-order valence-corrected chi connectivity index (χ4v) is 4.87. The zero-order valence-corrected chi connectivity index (χ0v) is 20.4. The van der Waals surface area contributed by atoms with E-state index in [0.717, 1.165) is 70.9 Å². The number of likely N-dealkylation sites (tertiary alicyclic amines) is 1. The number of aliphatic hydroxyl groups is 1. The summed E-state index contributed by atoms with van der Waals surface area (Å²) < 4.78 is 0. The predicted octanol–water partition coefficient (Wildman–Crippen LogP) is 3.66. The highest BCUT2D eigenvalue weighted by Gasteiger charge is 2.25. The average molecular weight is 438 g/mol. The molecule has 0 spiro atoms. The van der Waals surface area contributed by atoms with Crippen molar-refractivity contribution in [2.24, 2.45) is 16.3 Å². The van der Waals surface area contributed by atoms with Crippen LogP contribution in [0.4, 0.5) is 0 Å². The van der Waals surface area contributed by atoms with Gasteiger partial charge < -0.3 is 15.7 Å². The minimum atomic E-state index is 0.107. The number of aliphatic hydroxyl groups excluding tert-OH is 1. The van der Waals surface area contributed by atoms with E-state index in [2.05, 4.69) is 48.6 Å². The summed E-state index contributed by atoms with van der Waals surface area (Å²) in [6.45, 7) is 14.8. The molecule has 0 amide bonds. The molecule has 172 valence electrons. The molecule has 3 N–H and O–H groups in total. The molecule has 30 heavy (non-hydrogen) atoms. The second-order valence-corrected chi connectivity index (χ2v) is 9.51. The van der Waals surface area contributed by atoms with Gasteiger partial charge in [0, 0.05) is 38.2 Å². The summed E-state index contributed by atoms with van der Waals surface area (Å²) in [5.41, 5.74) is 1.34. The molecule has 0 aromatic carbocycles. The van der Waals surface area contributed by atoms with Gasteiger partial charge in [-0.15, -0.1) is 11.3 Å². The molecule has 1 fully saturated rings. The lowest BCUT2D eigenvalue weighted by atomic mass is 9.79. The van der Waals surface area contributed by atoms with Gasteiger partial charge >= 0.3 is 0 Å². The van der Waals surface area contributed by atoms with Gasteiger partial charge in [-0.3, -0.25) is 9.89 Å². The Bertz CT molecular complexity index is 621. The lowest BCUT2D eigenvalue weighted by Gasteiger charge is -2.32. The van der Waals surface area contributed by atoms with Gasteiger partial charge in [-0.2, -0.15) is 0 Å². The molecule has 0 atom stereocenters. The third-order valence-electron chi connectivity index (χ3n) is 6.61. The molecule has 1 aromatic heterocycles. The largest absolute Gasteiger partial charge is 0.396 e. The van der Waals surface area contributed by atoms with Crippen molar-refractivity contribution < 1.29 is 5.11 Å². The van der Waals surface area contributed by atoms with Crippen molar-refractivity contribution in [3.63, 3.8) is 0 Å². The topological polar surface area (TPSA) is 72.8 Å². The van der Waals surface area contributed by atoms with Crippen LogP contribution in [0, 0.1) is 11.3 Å². The molecule has 0 radical (unpaired) electrons. The van der Waals surface area contributed by atoms with Gasteiger partial charge in [0.15, 0.2) is 5.96 Å². The third kappa shape index (κ3) is 7.82. The Hall–Kier alpha value is -1.18. The van der Waals surface area contributed by atoms with Crippen molar-refractivity contribution >= 4 is 17.3 Å². The molecule has 0 saturated carbocycles. The van der Waals surface area contributed by atoms with E-state index in [1.54, 1.807) is 11.3 Å². The summed E-state index contributed by atoms with van der Waals surface area (Å²) >= 11 is 1.79. The first-order valence-corrected chi connectivity index (χ1v) is 12.7. The van der Waals surface area contributed by atoms with Crippen LogP contribution in [0.15, 0.2) is 10.4 Å². The number of nitrogens with one attached hydrogen (secondary N) is 2. The Morgan fingerprint density at radius 2 is 1.97 bits per heavy atom. The maximum atomic E-state index is 9.45. The molecule has 6 nitrogen and oxygen atoms in total. The summed E-state index contributed by atoms with van der Waals surface area (Å²) in [7, 11) is 0. The summed E-state index contributed by atoms with van der Waals surface area (Å²) in [5.74, 6) is 1.60. The Balaban J connectivity index is 1.79. The molecule has 7 heteroatoms. The fraction of sp³-hybridized carbons (Fsp3) is 0.826. The van der Waals surface area contributed by atoms with Crippen molar-refractivity contribution in [3.05, 3.63) is 16.1 Å². The van der Waals surface area contributed by atoms with Crippen molar-refractivity contribution in [1.82, 2.24) is 20.5 Å². The predicted molar refractivity (Wildman–Crippen MR) is 128 cm³/mol. The van der Waals surface area contributed by atoms with Crippen LogP contribution in [0.2, 0.25) is 0 Å². The second kappa shape index (κ2) is 13.3. The second-order valence-electron chi connectivity index (χ2n) is 8.56. The van der Waals surface area contributed by atoms with Gasteiger partial charge in [-0.25, -0.2) is 4.98 Å². The first kappa shape index (κ1) is 25.1. The van der Waals surface area contributed by atoms with E-state index in [9.17, 15) is 5.11 Å². The Morgan fingerprint density at radius 1 is 1.23 bits per heavy atom. The van der Waals surface area contributed by atoms with E-state index in [1.165, 1.54) is 23.5 Å². The third-order valence-corrected chi connectivity index (χ3v) is 7.65. The number of thiazole rings is 1. The molecular formula is C23H43N5OS. The van der Waals surface area contributed by atoms with Gasteiger partial charge in [-0.1, -0.05) is 20.8 Å². The molecule has 0 aliphatic carbocycles. The van der Waals surface area contributed by atoms with Gasteiger partial charge in [0.25, 0.3) is 0 Å². The lowest BCUT2D eigenvalue weighted by molar-refractivity contribution is 0.174. The Morgan fingerprint density at radius 3 is 2.53 bits per heavy atom. The number of hydrogen-bond acceptors (Lipinski definition) is 5. The number of hydrogen-bond donors (Lipinski definition) is 3. The number of nitrogens with zero attached hydrogens (tertiary/aromatic N) is 3. The van der Waals surface area contributed by atoms with Gasteiger partial charge in [0.2, 0.25) is 0 Å². The summed E-state index contributed by atoms with van der Waals surface area (Å²) in [6.07, 6.45) is 6.38. The quantitative estimate of drug-likeness (QED) is 0.344. The average Bonchev–Trinajstić information content (AvgIpc) is 3.23. The van der Waals surface area contributed by atoms with Crippen molar-refractivity contribution in [1.29, 1.82) is 0 Å². The van der Waals surface area contributed by atoms with Crippen LogP contribution in [-0.4, -0.2) is 60.3 Å². The van der Waals surface area contributed by atoms with Gasteiger partial charge in [-0.05, 0) is 69.9 Å². The van der Waals surface area contributed by atoms with Crippen LogP contribution in [0.3, 0.4) is 0 Å². The maximum Gasteiger partial charge on any atom is 0.191 e. The minimum Gasteiger partial charge on any atom is -0.396 e. The summed E-state index contributed by atoms with van der Waals surface area (Å²) in [6, 6.07) is 0. The van der Waals surface area contributed by atoms with Crippen LogP contribution in [0.5, 0.6) is 0 Å². The van der Waals surface area contributed by atoms with Crippen LogP contribution in [-0.2, 0) is 13.0 Å². The van der Waals surface area contributed by atoms with Gasteiger partial charge in [0.05, 0.1) is 10.7 Å². The molecule has 0 unspecified atom stereocenters. The molecule has 1 aliphatic rings. The maximum absolute atomic E-state index is 9.45. The van der Waals surface area contributed by atoms with E-state index in [0.29, 0.717) is 5.92 Å². The van der Waals surface area contributed by atoms with Crippen molar-refractivity contribution in [2.75, 3.05) is 39.3 Å². The molecule has 2 heterocycles. The highest BCUT2D eigenvalue weighted by Crippen LogP contribution is 2.30. The molecule has 1 aromatic rings.